The van der Waals surface area contributed by atoms with Gasteiger partial charge in [0.1, 0.15) is 0 Å². The second-order valence-electron chi connectivity index (χ2n) is 31.9. The summed E-state index contributed by atoms with van der Waals surface area (Å²) < 4.78 is 0. The van der Waals surface area contributed by atoms with Crippen LogP contribution in [0.4, 0.5) is 45.5 Å². The van der Waals surface area contributed by atoms with Gasteiger partial charge in [-0.2, -0.15) is 0 Å². The van der Waals surface area contributed by atoms with Crippen LogP contribution in [0, 0.1) is 10.8 Å². The molecule has 3 nitrogen and oxygen atoms in total. The minimum absolute atomic E-state index is 0.00111. The first kappa shape index (κ1) is 54.8. The highest BCUT2D eigenvalue weighted by Gasteiger charge is 2.61. The first-order valence-corrected chi connectivity index (χ1v) is 33.0. The summed E-state index contributed by atoms with van der Waals surface area (Å²) in [6.45, 7) is 29.4. The number of rotatable bonds is 7. The number of benzene rings is 9. The topological polar surface area (TPSA) is 9.72 Å². The van der Waals surface area contributed by atoms with E-state index in [1.807, 2.05) is 0 Å². The summed E-state index contributed by atoms with van der Waals surface area (Å²) in [4.78, 5) is 8.42. The van der Waals surface area contributed by atoms with E-state index in [2.05, 4.69) is 286 Å². The molecule has 0 saturated heterocycles. The van der Waals surface area contributed by atoms with Crippen LogP contribution >= 0.6 is 0 Å². The molecular weight excluding hydrogens is 1050 g/mol. The third-order valence-corrected chi connectivity index (χ3v) is 22.9. The molecule has 0 spiro atoms. The molecule has 0 amide bonds. The molecule has 2 fully saturated rings. The molecule has 7 aliphatic rings. The number of hydrogen-bond acceptors (Lipinski definition) is 3. The Morgan fingerprint density at radius 3 is 1.72 bits per heavy atom. The smallest absolute Gasteiger partial charge is 0.252 e. The molecule has 3 heterocycles. The molecule has 16 rings (SSSR count). The Bertz CT molecular complexity index is 4290. The number of hydrogen-bond donors (Lipinski definition) is 0. The van der Waals surface area contributed by atoms with Gasteiger partial charge in [0.25, 0.3) is 6.71 Å². The third-order valence-electron chi connectivity index (χ3n) is 22.9. The van der Waals surface area contributed by atoms with Gasteiger partial charge in [0.15, 0.2) is 0 Å². The summed E-state index contributed by atoms with van der Waals surface area (Å²) in [6, 6.07) is 75.3. The summed E-state index contributed by atoms with van der Waals surface area (Å²) in [6.07, 6.45) is 10.2. The van der Waals surface area contributed by atoms with Gasteiger partial charge in [-0.25, -0.2) is 0 Å². The fourth-order valence-electron chi connectivity index (χ4n) is 18.2. The van der Waals surface area contributed by atoms with Crippen molar-refractivity contribution in [2.24, 2.45) is 10.8 Å². The first-order valence-electron chi connectivity index (χ1n) is 33.0. The molecule has 4 heteroatoms. The van der Waals surface area contributed by atoms with Crippen LogP contribution in [0.3, 0.4) is 0 Å². The van der Waals surface area contributed by atoms with E-state index in [4.69, 9.17) is 0 Å². The van der Waals surface area contributed by atoms with Crippen molar-refractivity contribution in [1.29, 1.82) is 0 Å². The monoisotopic (exact) mass is 1140 g/mol. The average molecular weight is 1140 g/mol. The molecular formula is C83H86BN3. The van der Waals surface area contributed by atoms with E-state index in [1.165, 1.54) is 141 Å². The molecule has 9 aromatic rings. The standard InChI is InChI=1S/C83H86BN3/c1-77(2,3)60-32-36-70(65(43-60)53-24-16-13-17-25-53)86-73-45-61(78(4,5)6)31-35-68(73)84-69-41-57-50-80(9,10)51-58(57)42-72(69)85(63-34-30-55-48-79(7,8)49-56(55)40-63)74-46-64(47-75(86)76(74)84)87-71-37-33-62(44-66(71)81(11)38-22-23-39-82(81,87)12)83(59-28-20-15-21-29-59)52-67(83)54-26-18-14-19-27-54/h13-21,24-37,40-47,67H,22-23,38-39,48-52H2,1-12H3. The predicted molar refractivity (Wildman–Crippen MR) is 370 cm³/mol. The Morgan fingerprint density at radius 2 is 1.02 bits per heavy atom. The van der Waals surface area contributed by atoms with Gasteiger partial charge in [-0.05, 0) is 212 Å². The minimum Gasteiger partial charge on any atom is -0.334 e. The molecule has 4 atom stereocenters. The van der Waals surface area contributed by atoms with Crippen LogP contribution in [0.2, 0.25) is 0 Å². The zero-order valence-electron chi connectivity index (χ0n) is 53.8. The molecule has 0 aromatic heterocycles. The Hall–Kier alpha value is -7.56. The molecule has 4 unspecified atom stereocenters. The van der Waals surface area contributed by atoms with Crippen LogP contribution in [-0.2, 0) is 47.3 Å². The van der Waals surface area contributed by atoms with Crippen LogP contribution in [0.25, 0.3) is 11.1 Å². The highest BCUT2D eigenvalue weighted by molar-refractivity contribution is 7.00. The maximum atomic E-state index is 2.90. The fourth-order valence-corrected chi connectivity index (χ4v) is 18.2. The van der Waals surface area contributed by atoms with Crippen molar-refractivity contribution in [2.45, 2.75) is 174 Å². The van der Waals surface area contributed by atoms with E-state index in [0.717, 1.165) is 44.9 Å². The van der Waals surface area contributed by atoms with E-state index in [0.29, 0.717) is 5.92 Å². The second kappa shape index (κ2) is 18.7. The van der Waals surface area contributed by atoms with Crippen molar-refractivity contribution in [3.63, 3.8) is 0 Å². The molecule has 2 saturated carbocycles. The molecule has 0 radical (unpaired) electrons. The quantitative estimate of drug-likeness (QED) is 0.147. The van der Waals surface area contributed by atoms with Crippen LogP contribution in [0.15, 0.2) is 188 Å². The Morgan fingerprint density at radius 1 is 0.437 bits per heavy atom. The van der Waals surface area contributed by atoms with Crippen molar-refractivity contribution in [3.05, 3.63) is 244 Å². The number of fused-ring (bicyclic) bond motifs is 9. The van der Waals surface area contributed by atoms with Gasteiger partial charge in [-0.15, -0.1) is 0 Å². The first-order chi connectivity index (χ1) is 41.5. The lowest BCUT2D eigenvalue weighted by Gasteiger charge is -2.51. The summed E-state index contributed by atoms with van der Waals surface area (Å²) in [7, 11) is 0. The van der Waals surface area contributed by atoms with Gasteiger partial charge in [0, 0.05) is 56.2 Å². The molecule has 3 aliphatic heterocycles. The Labute approximate surface area is 520 Å². The Balaban J connectivity index is 1.00. The number of nitrogens with zero attached hydrogens (tertiary/aromatic N) is 3. The van der Waals surface area contributed by atoms with E-state index in [1.54, 1.807) is 0 Å². The van der Waals surface area contributed by atoms with E-state index in [-0.39, 0.29) is 44.7 Å². The maximum Gasteiger partial charge on any atom is 0.252 e. The largest absolute Gasteiger partial charge is 0.334 e. The van der Waals surface area contributed by atoms with E-state index in [9.17, 15) is 0 Å². The van der Waals surface area contributed by atoms with Gasteiger partial charge in [-0.3, -0.25) is 0 Å². The van der Waals surface area contributed by atoms with E-state index >= 15 is 0 Å². The highest BCUT2D eigenvalue weighted by atomic mass is 15.3. The molecule has 0 N–H and O–H groups in total. The Kier molecular flexibility index (Phi) is 11.8. The van der Waals surface area contributed by atoms with Crippen molar-refractivity contribution in [1.82, 2.24) is 0 Å². The fraction of sp³-hybridized carbons (Fsp3) is 0.349. The molecule has 87 heavy (non-hydrogen) atoms. The number of anilines is 8. The lowest BCUT2D eigenvalue weighted by Crippen LogP contribution is -2.61. The van der Waals surface area contributed by atoms with Gasteiger partial charge >= 0.3 is 0 Å². The highest BCUT2D eigenvalue weighted by Crippen LogP contribution is 2.67. The van der Waals surface area contributed by atoms with Gasteiger partial charge < -0.3 is 14.7 Å². The molecule has 0 bridgehead atoms. The van der Waals surface area contributed by atoms with Crippen molar-refractivity contribution >= 4 is 68.6 Å². The van der Waals surface area contributed by atoms with Crippen LogP contribution in [0.5, 0.6) is 0 Å². The zero-order valence-corrected chi connectivity index (χ0v) is 53.8. The third kappa shape index (κ3) is 8.27. The maximum absolute atomic E-state index is 2.90. The summed E-state index contributed by atoms with van der Waals surface area (Å²) in [5, 5.41) is 0. The molecule has 9 aromatic carbocycles. The molecule has 4 aliphatic carbocycles. The lowest BCUT2D eigenvalue weighted by atomic mass is 9.33. The van der Waals surface area contributed by atoms with Crippen LogP contribution in [-0.4, -0.2) is 12.3 Å². The predicted octanol–water partition coefficient (Wildman–Crippen LogP) is 19.5. The van der Waals surface area contributed by atoms with Crippen molar-refractivity contribution < 1.29 is 0 Å². The molecule has 436 valence electrons. The SMILES string of the molecule is CC1(C)Cc2ccc(N3c4cc5c(cc4B4c6ccc(C(C)(C)C)cc6N(c6ccc(C(C)(C)C)cc6-c6ccccc6)c6cc(N7c8ccc(C9(c%10ccccc%10)CC9c9ccccc9)cc8C8(C)CCCCC78C)cc3c64)CC(C)(C)C5)cc2C1. The normalized spacial score (nSPS) is 23.3. The van der Waals surface area contributed by atoms with Crippen molar-refractivity contribution in [3.8, 4) is 11.1 Å². The second-order valence-corrected chi connectivity index (χ2v) is 31.9. The summed E-state index contributed by atoms with van der Waals surface area (Å²) >= 11 is 0. The van der Waals surface area contributed by atoms with E-state index < -0.39 is 0 Å². The van der Waals surface area contributed by atoms with Crippen LogP contribution in [0.1, 0.15) is 177 Å². The van der Waals surface area contributed by atoms with Crippen molar-refractivity contribution in [2.75, 3.05) is 14.7 Å². The minimum atomic E-state index is -0.210. The average Bonchev–Trinajstić information content (AvgIpc) is 1.67. The summed E-state index contributed by atoms with van der Waals surface area (Å²) in [5.74, 6) is 0.418. The van der Waals surface area contributed by atoms with Gasteiger partial charge in [-0.1, -0.05) is 222 Å². The van der Waals surface area contributed by atoms with Crippen LogP contribution < -0.4 is 31.1 Å². The summed E-state index contributed by atoms with van der Waals surface area (Å²) in [5.41, 5.74) is 31.5. The zero-order chi connectivity index (χ0) is 60.0. The van der Waals surface area contributed by atoms with Gasteiger partial charge in [0.2, 0.25) is 0 Å². The lowest BCUT2D eigenvalue weighted by molar-refractivity contribution is 0.195. The van der Waals surface area contributed by atoms with Gasteiger partial charge in [0.05, 0.1) is 11.2 Å².